The molecule has 3 rings (SSSR count). The molecule has 4 nitrogen and oxygen atoms in total. The highest BCUT2D eigenvalue weighted by atomic mass is 35.5. The monoisotopic (exact) mass is 383 g/mol. The van der Waals surface area contributed by atoms with Gasteiger partial charge in [-0.05, 0) is 36.3 Å². The third-order valence-corrected chi connectivity index (χ3v) is 4.61. The number of aryl methyl sites for hydroxylation is 1. The Morgan fingerprint density at radius 2 is 2.12 bits per heavy atom. The number of aromatic nitrogens is 1. The molecule has 26 heavy (non-hydrogen) atoms. The molecule has 2 aromatic carbocycles. The van der Waals surface area contributed by atoms with Crippen molar-refractivity contribution in [1.82, 2.24) is 4.98 Å². The smallest absolute Gasteiger partial charge is 0.266 e. The molecule has 0 saturated heterocycles. The standard InChI is InChI=1S/C20H15Cl2N3O/c1-2-12-4-3-5-16-14(11-24-19(12)16)8-13(10-23)20(26)25-18-7-6-15(21)9-17(18)22/h3-9,11,24H,2H2,1H3,(H,25,26)/b13-8+. The van der Waals surface area contributed by atoms with Gasteiger partial charge in [0.05, 0.1) is 10.7 Å². The van der Waals surface area contributed by atoms with Crippen LogP contribution in [0.1, 0.15) is 18.1 Å². The summed E-state index contributed by atoms with van der Waals surface area (Å²) < 4.78 is 0. The molecule has 0 aliphatic rings. The Morgan fingerprint density at radius 3 is 2.81 bits per heavy atom. The van der Waals surface area contributed by atoms with Crippen LogP contribution in [0.3, 0.4) is 0 Å². The Kier molecular flexibility index (Phi) is 5.32. The van der Waals surface area contributed by atoms with Crippen LogP contribution in [0.4, 0.5) is 5.69 Å². The zero-order chi connectivity index (χ0) is 18.7. The van der Waals surface area contributed by atoms with Crippen molar-refractivity contribution in [3.63, 3.8) is 0 Å². The van der Waals surface area contributed by atoms with E-state index in [2.05, 4.69) is 17.2 Å². The lowest BCUT2D eigenvalue weighted by atomic mass is 10.1. The van der Waals surface area contributed by atoms with Crippen LogP contribution in [0.15, 0.2) is 48.2 Å². The quantitative estimate of drug-likeness (QED) is 0.455. The molecule has 1 heterocycles. The van der Waals surface area contributed by atoms with Crippen molar-refractivity contribution in [3.8, 4) is 6.07 Å². The molecule has 0 unspecified atom stereocenters. The van der Waals surface area contributed by atoms with Gasteiger partial charge in [0.15, 0.2) is 0 Å². The van der Waals surface area contributed by atoms with Gasteiger partial charge in [-0.2, -0.15) is 5.26 Å². The molecule has 1 amide bonds. The second kappa shape index (κ2) is 7.65. The van der Waals surface area contributed by atoms with Crippen LogP contribution >= 0.6 is 23.2 Å². The number of nitrogens with one attached hydrogen (secondary N) is 2. The van der Waals surface area contributed by atoms with Gasteiger partial charge in [0.1, 0.15) is 11.6 Å². The van der Waals surface area contributed by atoms with Crippen LogP contribution < -0.4 is 5.32 Å². The van der Waals surface area contributed by atoms with Crippen molar-refractivity contribution >= 4 is 51.8 Å². The van der Waals surface area contributed by atoms with E-state index in [9.17, 15) is 10.1 Å². The Labute approximate surface area is 161 Å². The summed E-state index contributed by atoms with van der Waals surface area (Å²) in [6, 6.07) is 12.7. The topological polar surface area (TPSA) is 68.7 Å². The predicted molar refractivity (Wildman–Crippen MR) is 106 cm³/mol. The van der Waals surface area contributed by atoms with Crippen molar-refractivity contribution in [3.05, 3.63) is 69.3 Å². The van der Waals surface area contributed by atoms with Crippen LogP contribution in [0.2, 0.25) is 10.0 Å². The minimum atomic E-state index is -0.530. The molecule has 0 aliphatic carbocycles. The maximum absolute atomic E-state index is 12.5. The summed E-state index contributed by atoms with van der Waals surface area (Å²) in [4.78, 5) is 15.7. The number of rotatable bonds is 4. The van der Waals surface area contributed by atoms with E-state index in [4.69, 9.17) is 23.2 Å². The maximum atomic E-state index is 12.5. The lowest BCUT2D eigenvalue weighted by molar-refractivity contribution is -0.112. The van der Waals surface area contributed by atoms with Gasteiger partial charge in [0.2, 0.25) is 0 Å². The summed E-state index contributed by atoms with van der Waals surface area (Å²) in [7, 11) is 0. The molecule has 6 heteroatoms. The van der Waals surface area contributed by atoms with E-state index >= 15 is 0 Å². The Hall–Kier alpha value is -2.74. The summed E-state index contributed by atoms with van der Waals surface area (Å²) in [5.41, 5.74) is 3.36. The van der Waals surface area contributed by atoms with Crippen LogP contribution in [0.25, 0.3) is 17.0 Å². The van der Waals surface area contributed by atoms with E-state index in [0.29, 0.717) is 15.7 Å². The molecule has 0 radical (unpaired) electrons. The van der Waals surface area contributed by atoms with Crippen LogP contribution in [-0.2, 0) is 11.2 Å². The number of para-hydroxylation sites is 1. The van der Waals surface area contributed by atoms with Gasteiger partial charge < -0.3 is 10.3 Å². The second-order valence-corrected chi connectivity index (χ2v) is 6.53. The number of carbonyl (C=O) groups excluding carboxylic acids is 1. The first-order valence-electron chi connectivity index (χ1n) is 8.00. The van der Waals surface area contributed by atoms with E-state index in [0.717, 1.165) is 22.9 Å². The molecular weight excluding hydrogens is 369 g/mol. The number of benzene rings is 2. The van der Waals surface area contributed by atoms with E-state index in [1.165, 1.54) is 11.6 Å². The number of nitriles is 1. The lowest BCUT2D eigenvalue weighted by Crippen LogP contribution is -2.13. The number of fused-ring (bicyclic) bond motifs is 1. The van der Waals surface area contributed by atoms with E-state index in [1.807, 2.05) is 24.3 Å². The van der Waals surface area contributed by atoms with Crippen molar-refractivity contribution < 1.29 is 4.79 Å². The highest BCUT2D eigenvalue weighted by Crippen LogP contribution is 2.27. The van der Waals surface area contributed by atoms with Crippen molar-refractivity contribution in [1.29, 1.82) is 5.26 Å². The number of hydrogen-bond donors (Lipinski definition) is 2. The molecule has 0 bridgehead atoms. The molecule has 0 fully saturated rings. The van der Waals surface area contributed by atoms with Gasteiger partial charge in [0, 0.05) is 27.7 Å². The van der Waals surface area contributed by atoms with Crippen molar-refractivity contribution in [2.24, 2.45) is 0 Å². The number of H-pyrrole nitrogens is 1. The molecule has 0 spiro atoms. The van der Waals surface area contributed by atoms with Crippen LogP contribution in [0, 0.1) is 11.3 Å². The number of anilines is 1. The van der Waals surface area contributed by atoms with Gasteiger partial charge in [-0.15, -0.1) is 0 Å². The van der Waals surface area contributed by atoms with Crippen molar-refractivity contribution in [2.75, 3.05) is 5.32 Å². The highest BCUT2D eigenvalue weighted by Gasteiger charge is 2.13. The number of amides is 1. The molecule has 2 N–H and O–H groups in total. The molecule has 0 aliphatic heterocycles. The van der Waals surface area contributed by atoms with E-state index < -0.39 is 5.91 Å². The molecule has 1 aromatic heterocycles. The third kappa shape index (κ3) is 3.60. The minimum Gasteiger partial charge on any atom is -0.360 e. The first-order chi connectivity index (χ1) is 12.5. The molecule has 3 aromatic rings. The fourth-order valence-corrected chi connectivity index (χ4v) is 3.19. The number of nitrogens with zero attached hydrogens (tertiary/aromatic N) is 1. The molecular formula is C20H15Cl2N3O. The number of hydrogen-bond acceptors (Lipinski definition) is 2. The maximum Gasteiger partial charge on any atom is 0.266 e. The largest absolute Gasteiger partial charge is 0.360 e. The number of aromatic amines is 1. The molecule has 0 saturated carbocycles. The number of halogens is 2. The van der Waals surface area contributed by atoms with E-state index in [1.54, 1.807) is 24.4 Å². The summed E-state index contributed by atoms with van der Waals surface area (Å²) in [5.74, 6) is -0.530. The van der Waals surface area contributed by atoms with E-state index in [-0.39, 0.29) is 5.57 Å². The summed E-state index contributed by atoms with van der Waals surface area (Å²) in [5, 5.41) is 13.8. The summed E-state index contributed by atoms with van der Waals surface area (Å²) in [6.07, 6.45) is 4.25. The number of carbonyl (C=O) groups is 1. The average Bonchev–Trinajstić information content (AvgIpc) is 3.04. The molecule has 130 valence electrons. The van der Waals surface area contributed by atoms with Gasteiger partial charge in [0.25, 0.3) is 5.91 Å². The third-order valence-electron chi connectivity index (χ3n) is 4.06. The fraction of sp³-hybridized carbons (Fsp3) is 0.100. The SMILES string of the molecule is CCc1cccc2c(/C=C(\C#N)C(=O)Nc3ccc(Cl)cc3Cl)c[nH]c12. The first kappa shape index (κ1) is 18.1. The first-order valence-corrected chi connectivity index (χ1v) is 8.76. The highest BCUT2D eigenvalue weighted by molar-refractivity contribution is 6.37. The fourth-order valence-electron chi connectivity index (χ4n) is 2.74. The Bertz CT molecular complexity index is 1060. The normalized spacial score (nSPS) is 11.4. The lowest BCUT2D eigenvalue weighted by Gasteiger charge is -2.06. The van der Waals surface area contributed by atoms with Gasteiger partial charge >= 0.3 is 0 Å². The predicted octanol–water partition coefficient (Wildman–Crippen LogP) is 5.58. The summed E-state index contributed by atoms with van der Waals surface area (Å²) >= 11 is 11.9. The molecule has 0 atom stereocenters. The van der Waals surface area contributed by atoms with Crippen molar-refractivity contribution in [2.45, 2.75) is 13.3 Å². The van der Waals surface area contributed by atoms with Gasteiger partial charge in [-0.25, -0.2) is 0 Å². The zero-order valence-electron chi connectivity index (χ0n) is 13.9. The van der Waals surface area contributed by atoms with Crippen LogP contribution in [-0.4, -0.2) is 10.9 Å². The van der Waals surface area contributed by atoms with Gasteiger partial charge in [-0.1, -0.05) is 48.3 Å². The summed E-state index contributed by atoms with van der Waals surface area (Å²) in [6.45, 7) is 2.08. The Balaban J connectivity index is 1.93. The average molecular weight is 384 g/mol. The Morgan fingerprint density at radius 1 is 1.31 bits per heavy atom. The second-order valence-electron chi connectivity index (χ2n) is 5.69. The zero-order valence-corrected chi connectivity index (χ0v) is 15.4. The van der Waals surface area contributed by atoms with Gasteiger partial charge in [-0.3, -0.25) is 4.79 Å². The van der Waals surface area contributed by atoms with Crippen LogP contribution in [0.5, 0.6) is 0 Å². The minimum absolute atomic E-state index is 0.0150.